The molecule has 1 unspecified atom stereocenters. The van der Waals surface area contributed by atoms with Crippen LogP contribution < -0.4 is 15.4 Å². The van der Waals surface area contributed by atoms with Crippen LogP contribution in [0.2, 0.25) is 0 Å². The Morgan fingerprint density at radius 2 is 1.96 bits per heavy atom. The fourth-order valence-corrected chi connectivity index (χ4v) is 3.56. The molecule has 0 bridgehead atoms. The van der Waals surface area contributed by atoms with Crippen molar-refractivity contribution in [1.82, 2.24) is 15.5 Å². The van der Waals surface area contributed by atoms with Gasteiger partial charge in [0.05, 0.1) is 19.4 Å². The van der Waals surface area contributed by atoms with Crippen LogP contribution >= 0.6 is 0 Å². The van der Waals surface area contributed by atoms with Crippen LogP contribution in [0, 0.1) is 0 Å². The van der Waals surface area contributed by atoms with Crippen molar-refractivity contribution in [3.05, 3.63) is 54.0 Å². The molecule has 1 atom stereocenters. The van der Waals surface area contributed by atoms with E-state index in [0.717, 1.165) is 42.7 Å². The first-order valence-electron chi connectivity index (χ1n) is 9.65. The molecule has 1 saturated heterocycles. The smallest absolute Gasteiger partial charge is 0.191 e. The number of piperidine rings is 1. The van der Waals surface area contributed by atoms with Gasteiger partial charge in [0, 0.05) is 25.7 Å². The highest BCUT2D eigenvalue weighted by Crippen LogP contribution is 2.24. The van der Waals surface area contributed by atoms with E-state index in [4.69, 9.17) is 9.15 Å². The molecule has 1 aliphatic rings. The van der Waals surface area contributed by atoms with Crippen LogP contribution in [-0.2, 0) is 6.54 Å². The van der Waals surface area contributed by atoms with Gasteiger partial charge in [-0.05, 0) is 44.1 Å². The minimum atomic E-state index is 0.213. The second-order valence-corrected chi connectivity index (χ2v) is 6.75. The van der Waals surface area contributed by atoms with Gasteiger partial charge in [-0.15, -0.1) is 0 Å². The zero-order chi connectivity index (χ0) is 18.9. The molecule has 0 amide bonds. The van der Waals surface area contributed by atoms with E-state index in [1.807, 2.05) is 24.3 Å². The Morgan fingerprint density at radius 1 is 1.15 bits per heavy atom. The van der Waals surface area contributed by atoms with Gasteiger partial charge in [-0.3, -0.25) is 9.89 Å². The molecule has 0 aliphatic carbocycles. The molecule has 3 rings (SSSR count). The average Bonchev–Trinajstić information content (AvgIpc) is 3.26. The summed E-state index contributed by atoms with van der Waals surface area (Å²) in [7, 11) is 3.48. The lowest BCUT2D eigenvalue weighted by Crippen LogP contribution is -2.44. The number of nitrogens with one attached hydrogen (secondary N) is 2. The van der Waals surface area contributed by atoms with E-state index >= 15 is 0 Å². The molecule has 146 valence electrons. The standard InChI is InChI=1S/C21H30N4O2/c1-22-21(23-15-17-9-4-5-10-19(17)26-2)24-16-18(20-11-8-14-27-20)25-12-6-3-7-13-25/h4-5,8-11,14,18H,3,6-7,12-13,15-16H2,1-2H3,(H2,22,23,24). The first-order chi connectivity index (χ1) is 13.3. The second kappa shape index (κ2) is 10.0. The van der Waals surface area contributed by atoms with Gasteiger partial charge in [-0.1, -0.05) is 24.6 Å². The molecule has 2 N–H and O–H groups in total. The minimum Gasteiger partial charge on any atom is -0.496 e. The maximum absolute atomic E-state index is 5.72. The van der Waals surface area contributed by atoms with Crippen LogP contribution in [0.25, 0.3) is 0 Å². The molecule has 2 heterocycles. The van der Waals surface area contributed by atoms with Gasteiger partial charge in [-0.2, -0.15) is 0 Å². The van der Waals surface area contributed by atoms with Gasteiger partial charge in [0.15, 0.2) is 5.96 Å². The molecule has 1 aromatic carbocycles. The van der Waals surface area contributed by atoms with Crippen LogP contribution in [0.1, 0.15) is 36.6 Å². The van der Waals surface area contributed by atoms with Crippen LogP contribution in [-0.4, -0.2) is 44.7 Å². The Labute approximate surface area is 161 Å². The molecule has 6 nitrogen and oxygen atoms in total. The highest BCUT2D eigenvalue weighted by atomic mass is 16.5. The number of methoxy groups -OCH3 is 1. The number of hydrogen-bond donors (Lipinski definition) is 2. The molecule has 0 saturated carbocycles. The maximum Gasteiger partial charge on any atom is 0.191 e. The van der Waals surface area contributed by atoms with Crippen molar-refractivity contribution in [1.29, 1.82) is 0 Å². The van der Waals surface area contributed by atoms with Gasteiger partial charge >= 0.3 is 0 Å². The number of nitrogens with zero attached hydrogens (tertiary/aromatic N) is 2. The summed E-state index contributed by atoms with van der Waals surface area (Å²) in [5.74, 6) is 2.65. The lowest BCUT2D eigenvalue weighted by Gasteiger charge is -2.33. The third-order valence-electron chi connectivity index (χ3n) is 5.03. The van der Waals surface area contributed by atoms with Gasteiger partial charge < -0.3 is 19.8 Å². The van der Waals surface area contributed by atoms with Gasteiger partial charge in [0.25, 0.3) is 0 Å². The van der Waals surface area contributed by atoms with Gasteiger partial charge in [-0.25, -0.2) is 0 Å². The van der Waals surface area contributed by atoms with Crippen molar-refractivity contribution in [3.8, 4) is 5.75 Å². The lowest BCUT2D eigenvalue weighted by atomic mass is 10.1. The summed E-state index contributed by atoms with van der Waals surface area (Å²) in [4.78, 5) is 6.86. The lowest BCUT2D eigenvalue weighted by molar-refractivity contribution is 0.146. The van der Waals surface area contributed by atoms with Crippen LogP contribution in [0.5, 0.6) is 5.75 Å². The number of rotatable bonds is 7. The van der Waals surface area contributed by atoms with Crippen LogP contribution in [0.4, 0.5) is 0 Å². The van der Waals surface area contributed by atoms with Crippen LogP contribution in [0.15, 0.2) is 52.1 Å². The summed E-state index contributed by atoms with van der Waals surface area (Å²) in [6.45, 7) is 3.62. The largest absolute Gasteiger partial charge is 0.496 e. The molecule has 1 fully saturated rings. The van der Waals surface area contributed by atoms with Crippen molar-refractivity contribution in [2.24, 2.45) is 4.99 Å². The predicted molar refractivity (Wildman–Crippen MR) is 108 cm³/mol. The number of benzene rings is 1. The summed E-state index contributed by atoms with van der Waals surface area (Å²) in [6, 6.07) is 12.2. The minimum absolute atomic E-state index is 0.213. The monoisotopic (exact) mass is 370 g/mol. The van der Waals surface area contributed by atoms with Crippen molar-refractivity contribution in [2.45, 2.75) is 31.8 Å². The number of aliphatic imine (C=N–C) groups is 1. The fraction of sp³-hybridized carbons (Fsp3) is 0.476. The molecule has 2 aromatic rings. The first-order valence-corrected chi connectivity index (χ1v) is 9.65. The highest BCUT2D eigenvalue weighted by molar-refractivity contribution is 5.79. The van der Waals surface area contributed by atoms with E-state index in [1.54, 1.807) is 20.4 Å². The summed E-state index contributed by atoms with van der Waals surface area (Å²) in [5.41, 5.74) is 1.10. The number of ether oxygens (including phenoxy) is 1. The highest BCUT2D eigenvalue weighted by Gasteiger charge is 2.24. The number of para-hydroxylation sites is 1. The third-order valence-corrected chi connectivity index (χ3v) is 5.03. The number of guanidine groups is 1. The predicted octanol–water partition coefficient (Wildman–Crippen LogP) is 3.18. The summed E-state index contributed by atoms with van der Waals surface area (Å²) in [5, 5.41) is 6.83. The summed E-state index contributed by atoms with van der Waals surface area (Å²) in [6.07, 6.45) is 5.56. The van der Waals surface area contributed by atoms with E-state index in [-0.39, 0.29) is 6.04 Å². The van der Waals surface area contributed by atoms with Gasteiger partial charge in [0.2, 0.25) is 0 Å². The van der Waals surface area contributed by atoms with Crippen molar-refractivity contribution >= 4 is 5.96 Å². The maximum atomic E-state index is 5.72. The number of hydrogen-bond acceptors (Lipinski definition) is 4. The van der Waals surface area contributed by atoms with Gasteiger partial charge in [0.1, 0.15) is 11.5 Å². The van der Waals surface area contributed by atoms with Crippen molar-refractivity contribution in [3.63, 3.8) is 0 Å². The Kier molecular flexibility index (Phi) is 7.16. The van der Waals surface area contributed by atoms with Crippen molar-refractivity contribution in [2.75, 3.05) is 33.8 Å². The summed E-state index contributed by atoms with van der Waals surface area (Å²) < 4.78 is 11.1. The SMILES string of the molecule is CN=C(NCc1ccccc1OC)NCC(c1ccco1)N1CCCCC1. The molecule has 0 spiro atoms. The zero-order valence-electron chi connectivity index (χ0n) is 16.3. The number of furan rings is 1. The average molecular weight is 370 g/mol. The molecule has 1 aliphatic heterocycles. The molecular formula is C21H30N4O2. The Bertz CT molecular complexity index is 709. The first kappa shape index (κ1) is 19.3. The number of likely N-dealkylation sites (tertiary alicyclic amines) is 1. The molecular weight excluding hydrogens is 340 g/mol. The van der Waals surface area contributed by atoms with Crippen molar-refractivity contribution < 1.29 is 9.15 Å². The quantitative estimate of drug-likeness (QED) is 0.579. The van der Waals surface area contributed by atoms with Crippen LogP contribution in [0.3, 0.4) is 0 Å². The molecule has 1 aromatic heterocycles. The molecule has 0 radical (unpaired) electrons. The van der Waals surface area contributed by atoms with E-state index in [1.165, 1.54) is 19.3 Å². The second-order valence-electron chi connectivity index (χ2n) is 6.75. The van der Waals surface area contributed by atoms with E-state index < -0.39 is 0 Å². The normalized spacial score (nSPS) is 16.7. The molecule has 6 heteroatoms. The third kappa shape index (κ3) is 5.26. The molecule has 27 heavy (non-hydrogen) atoms. The van der Waals surface area contributed by atoms with E-state index in [0.29, 0.717) is 6.54 Å². The fourth-order valence-electron chi connectivity index (χ4n) is 3.56. The Morgan fingerprint density at radius 3 is 2.67 bits per heavy atom. The summed E-state index contributed by atoms with van der Waals surface area (Å²) >= 11 is 0. The topological polar surface area (TPSA) is 62.0 Å². The Balaban J connectivity index is 1.59. The van der Waals surface area contributed by atoms with E-state index in [2.05, 4.69) is 32.7 Å². The zero-order valence-corrected chi connectivity index (χ0v) is 16.3. The Hall–Kier alpha value is -2.47. The van der Waals surface area contributed by atoms with E-state index in [9.17, 15) is 0 Å².